The first kappa shape index (κ1) is 99.0. The number of amides is 1. The predicted octanol–water partition coefficient (Wildman–Crippen LogP) is -1.57. The quantitative estimate of drug-likeness (QED) is 0.0306. The molecule has 6 heterocycles. The molecule has 6 saturated heterocycles. The zero-order valence-corrected chi connectivity index (χ0v) is 65.7. The Morgan fingerprint density at radius 2 is 0.759 bits per heavy atom. The number of ether oxygens (including phenoxy) is 12. The standard InChI is InChI=1S/C77H143NO34/c1-3-5-7-9-11-13-15-17-18-19-20-21-22-23-24-26-28-30-32-34-36-46(84)71(100)78-44(53(89)45(83)35-33-31-29-27-25-16-14-12-10-8-6-4-2)41-101-72-60(96)57(93)55(91)52(105-72)43-103-76-68(54(90)50(88)42-102-76)110-75-63(99)67(56(92)51(40-82)104-75)109-77-70(112-74-62(98)59(95)65(107-74)48(86)38-80)69(66(108-77)49(87)39-81)111-73-61(97)58(94)64(106-73)47(85)37-79/h44-70,72-77,79-99H,3-43H2,1-2H3,(H,78,100)/t44-,45+,46?,47+,48+,49+,50+,51+,52+,53-,54+,55+,56-,57-,58+,59+,60+,61+,62+,63+,64-,65-,66-,67-,68-,69-,70+,72+,73+,74+,75+,76-,77-/m0/s1. The molecule has 0 aromatic carbocycles. The molecule has 0 saturated carbocycles. The summed E-state index contributed by atoms with van der Waals surface area (Å²) >= 11 is 0. The molecule has 1 unspecified atom stereocenters. The molecule has 660 valence electrons. The van der Waals surface area contributed by atoms with E-state index in [2.05, 4.69) is 19.2 Å². The Morgan fingerprint density at radius 3 is 1.22 bits per heavy atom. The normalized spacial score (nSPS) is 35.7. The maximum absolute atomic E-state index is 13.7. The summed E-state index contributed by atoms with van der Waals surface area (Å²) in [4.78, 5) is 13.7. The van der Waals surface area contributed by atoms with Crippen molar-refractivity contribution >= 4 is 5.91 Å². The van der Waals surface area contributed by atoms with Crippen LogP contribution in [0.5, 0.6) is 0 Å². The van der Waals surface area contributed by atoms with Gasteiger partial charge in [-0.25, -0.2) is 0 Å². The zero-order chi connectivity index (χ0) is 81.8. The maximum Gasteiger partial charge on any atom is 0.249 e. The highest BCUT2D eigenvalue weighted by molar-refractivity contribution is 5.80. The van der Waals surface area contributed by atoms with Crippen LogP contribution in [-0.4, -0.2) is 362 Å². The van der Waals surface area contributed by atoms with Crippen molar-refractivity contribution in [2.75, 3.05) is 46.2 Å². The van der Waals surface area contributed by atoms with Crippen LogP contribution in [0, 0.1) is 0 Å². The lowest BCUT2D eigenvalue weighted by Gasteiger charge is -2.46. The highest BCUT2D eigenvalue weighted by atomic mass is 16.8. The van der Waals surface area contributed by atoms with E-state index in [9.17, 15) is 112 Å². The van der Waals surface area contributed by atoms with Gasteiger partial charge in [-0.05, 0) is 12.8 Å². The van der Waals surface area contributed by atoms with E-state index >= 15 is 0 Å². The number of aliphatic hydroxyl groups excluding tert-OH is 21. The molecule has 0 aromatic heterocycles. The van der Waals surface area contributed by atoms with E-state index in [1.165, 1.54) is 128 Å². The van der Waals surface area contributed by atoms with E-state index in [-0.39, 0.29) is 12.8 Å². The zero-order valence-electron chi connectivity index (χ0n) is 65.7. The highest BCUT2D eigenvalue weighted by Crippen LogP contribution is 2.40. The summed E-state index contributed by atoms with van der Waals surface area (Å²) in [5, 5.41) is 233. The van der Waals surface area contributed by atoms with Gasteiger partial charge in [0.15, 0.2) is 37.7 Å². The van der Waals surface area contributed by atoms with E-state index in [4.69, 9.17) is 56.8 Å². The van der Waals surface area contributed by atoms with Crippen LogP contribution in [0.2, 0.25) is 0 Å². The van der Waals surface area contributed by atoms with Crippen molar-refractivity contribution in [3.63, 3.8) is 0 Å². The van der Waals surface area contributed by atoms with Gasteiger partial charge >= 0.3 is 0 Å². The summed E-state index contributed by atoms with van der Waals surface area (Å²) in [6, 6.07) is -1.43. The molecule has 35 nitrogen and oxygen atoms in total. The smallest absolute Gasteiger partial charge is 0.249 e. The van der Waals surface area contributed by atoms with Crippen LogP contribution in [0.15, 0.2) is 0 Å². The Balaban J connectivity index is 1.08. The van der Waals surface area contributed by atoms with Gasteiger partial charge in [-0.3, -0.25) is 4.79 Å². The van der Waals surface area contributed by atoms with Crippen molar-refractivity contribution in [1.82, 2.24) is 5.32 Å². The topological polar surface area (TPSA) is 565 Å². The number of carbonyl (C=O) groups is 1. The van der Waals surface area contributed by atoms with Gasteiger partial charge < -0.3 is 169 Å². The molecule has 6 aliphatic heterocycles. The predicted molar refractivity (Wildman–Crippen MR) is 395 cm³/mol. The SMILES string of the molecule is CCCCCCCCCCCCCCCCCCCCCCC(O)C(=O)N[C@@H](CO[C@@H]1O[C@H](CO[C@@H]2OC[C@@H](O)[C@@H](O)[C@@H]2O[C@H]2O[C@H](CO)[C@H](O)[C@H](O[C@@H]3O[C@@H]([C@H](O)CO)[C@H](O[C@H]4O[C@@H]([C@H](O)CO)[C@H](O)[C@H]4O)[C@H]3O[C@H]3O[C@@H]([C@H](O)CO)[C@H](O)[C@H]3O)[C@H]2O)[C@@H](O)[C@H](O)[C@H]1O)[C@H](O)[C@H](O)CCCCCCCCCCCCCC. The molecule has 1 amide bonds. The summed E-state index contributed by atoms with van der Waals surface area (Å²) in [6.07, 6.45) is -24.2. The fourth-order valence-corrected chi connectivity index (χ4v) is 15.3. The van der Waals surface area contributed by atoms with Crippen molar-refractivity contribution < 1.29 is 169 Å². The monoisotopic (exact) mass is 1630 g/mol. The van der Waals surface area contributed by atoms with Gasteiger partial charge in [0.2, 0.25) is 5.91 Å². The fraction of sp³-hybridized carbons (Fsp3) is 0.987. The van der Waals surface area contributed by atoms with Crippen molar-refractivity contribution in [2.45, 2.75) is 435 Å². The molecular formula is C77H143NO34. The minimum Gasteiger partial charge on any atom is -0.394 e. The van der Waals surface area contributed by atoms with Crippen LogP contribution >= 0.6 is 0 Å². The van der Waals surface area contributed by atoms with Crippen molar-refractivity contribution in [2.24, 2.45) is 0 Å². The van der Waals surface area contributed by atoms with Crippen LogP contribution < -0.4 is 5.32 Å². The van der Waals surface area contributed by atoms with Gasteiger partial charge in [-0.15, -0.1) is 0 Å². The Morgan fingerprint density at radius 1 is 0.366 bits per heavy atom. The van der Waals surface area contributed by atoms with Crippen LogP contribution in [0.4, 0.5) is 0 Å². The van der Waals surface area contributed by atoms with Gasteiger partial charge in [-0.1, -0.05) is 219 Å². The van der Waals surface area contributed by atoms with Crippen LogP contribution in [0.25, 0.3) is 0 Å². The molecule has 0 radical (unpaired) electrons. The van der Waals surface area contributed by atoms with Gasteiger partial charge in [-0.2, -0.15) is 0 Å². The fourth-order valence-electron chi connectivity index (χ4n) is 15.3. The van der Waals surface area contributed by atoms with Crippen LogP contribution in [0.3, 0.4) is 0 Å². The lowest BCUT2D eigenvalue weighted by Crippen LogP contribution is -2.64. The average molecular weight is 1630 g/mol. The van der Waals surface area contributed by atoms with Gasteiger partial charge in [0.05, 0.1) is 58.4 Å². The van der Waals surface area contributed by atoms with E-state index in [1.54, 1.807) is 0 Å². The van der Waals surface area contributed by atoms with Crippen LogP contribution in [0.1, 0.15) is 232 Å². The third-order valence-electron chi connectivity index (χ3n) is 22.5. The van der Waals surface area contributed by atoms with Crippen molar-refractivity contribution in [3.8, 4) is 0 Å². The molecule has 0 aromatic rings. The van der Waals surface area contributed by atoms with Gasteiger partial charge in [0.1, 0.15) is 153 Å². The first-order chi connectivity index (χ1) is 53.9. The molecule has 0 bridgehead atoms. The number of aliphatic hydroxyl groups is 21. The molecule has 6 aliphatic rings. The highest BCUT2D eigenvalue weighted by Gasteiger charge is 2.60. The molecule has 22 N–H and O–H groups in total. The summed E-state index contributed by atoms with van der Waals surface area (Å²) in [7, 11) is 0. The van der Waals surface area contributed by atoms with E-state index in [1.807, 2.05) is 0 Å². The Bertz CT molecular complexity index is 2430. The van der Waals surface area contributed by atoms with Crippen LogP contribution in [-0.2, 0) is 61.6 Å². The second-order valence-electron chi connectivity index (χ2n) is 31.5. The third kappa shape index (κ3) is 30.7. The third-order valence-corrected chi connectivity index (χ3v) is 22.5. The minimum absolute atomic E-state index is 0.109. The number of unbranched alkanes of at least 4 members (excludes halogenated alkanes) is 30. The van der Waals surface area contributed by atoms with Crippen molar-refractivity contribution in [3.05, 3.63) is 0 Å². The molecule has 6 rings (SSSR count). The molecule has 35 heteroatoms. The lowest BCUT2D eigenvalue weighted by molar-refractivity contribution is -0.374. The van der Waals surface area contributed by atoms with Gasteiger partial charge in [0, 0.05) is 0 Å². The summed E-state index contributed by atoms with van der Waals surface area (Å²) in [6.45, 7) is -1.84. The Labute approximate surface area is 658 Å². The van der Waals surface area contributed by atoms with Crippen molar-refractivity contribution in [1.29, 1.82) is 0 Å². The van der Waals surface area contributed by atoms with E-state index in [0.717, 1.165) is 64.2 Å². The summed E-state index contributed by atoms with van der Waals surface area (Å²) in [5.41, 5.74) is 0. The average Bonchev–Trinajstić information content (AvgIpc) is 1.60. The number of nitrogens with one attached hydrogen (secondary N) is 1. The number of hydrogen-bond acceptors (Lipinski definition) is 34. The first-order valence-electron chi connectivity index (χ1n) is 41.9. The number of hydrogen-bond donors (Lipinski definition) is 22. The van der Waals surface area contributed by atoms with E-state index in [0.29, 0.717) is 12.8 Å². The number of rotatable bonds is 59. The number of carbonyl (C=O) groups excluding carboxylic acids is 1. The first-order valence-corrected chi connectivity index (χ1v) is 41.9. The molecule has 0 aliphatic carbocycles. The second-order valence-corrected chi connectivity index (χ2v) is 31.5. The van der Waals surface area contributed by atoms with Gasteiger partial charge in [0.25, 0.3) is 0 Å². The lowest BCUT2D eigenvalue weighted by atomic mass is 9.98. The molecule has 112 heavy (non-hydrogen) atoms. The maximum atomic E-state index is 13.7. The molecule has 0 spiro atoms. The summed E-state index contributed by atoms with van der Waals surface area (Å²) in [5.74, 6) is -0.856. The molecule has 6 fully saturated rings. The largest absolute Gasteiger partial charge is 0.394 e. The molecular weight excluding hydrogens is 1480 g/mol. The Hall–Kier alpha value is -1.85. The summed E-state index contributed by atoms with van der Waals surface area (Å²) < 4.78 is 70.6. The molecule has 33 atom stereocenters. The Kier molecular flexibility index (Phi) is 47.5. The second kappa shape index (κ2) is 53.7. The van der Waals surface area contributed by atoms with E-state index < -0.39 is 255 Å². The minimum atomic E-state index is -2.30.